The lowest BCUT2D eigenvalue weighted by molar-refractivity contribution is -0.138. The van der Waals surface area contributed by atoms with E-state index < -0.39 is 11.8 Å². The van der Waals surface area contributed by atoms with Gasteiger partial charge in [-0.3, -0.25) is 4.79 Å². The quantitative estimate of drug-likeness (QED) is 0.257. The smallest absolute Gasteiger partial charge is 0.343 e. The van der Waals surface area contributed by atoms with Crippen molar-refractivity contribution in [2.75, 3.05) is 26.1 Å². The van der Waals surface area contributed by atoms with Gasteiger partial charge in [0.15, 0.2) is 0 Å². The first-order valence-corrected chi connectivity index (χ1v) is 8.06. The van der Waals surface area contributed by atoms with Gasteiger partial charge in [-0.25, -0.2) is 4.79 Å². The van der Waals surface area contributed by atoms with E-state index in [2.05, 4.69) is 5.32 Å². The van der Waals surface area contributed by atoms with Crippen LogP contribution in [0.4, 0.5) is 5.69 Å². The van der Waals surface area contributed by atoms with E-state index in [1.54, 1.807) is 25.1 Å². The van der Waals surface area contributed by atoms with E-state index in [4.69, 9.17) is 14.2 Å². The molecule has 136 valence electrons. The molecule has 0 unspecified atom stereocenters. The predicted molar refractivity (Wildman–Crippen MR) is 98.7 cm³/mol. The highest BCUT2D eigenvalue weighted by atomic mass is 16.5. The van der Waals surface area contributed by atoms with Gasteiger partial charge < -0.3 is 19.5 Å². The first-order valence-electron chi connectivity index (χ1n) is 8.06. The number of carbonyl (C=O) groups excluding carboxylic acids is 2. The van der Waals surface area contributed by atoms with Gasteiger partial charge in [-0.05, 0) is 31.2 Å². The maximum atomic E-state index is 13.1. The summed E-state index contributed by atoms with van der Waals surface area (Å²) < 4.78 is 15.6. The van der Waals surface area contributed by atoms with Crippen molar-refractivity contribution in [3.8, 4) is 11.5 Å². The number of carbonyl (C=O) groups is 2. The SMILES string of the molecule is CCOC(=O)/C(=C\Nc1ccccc1)C(=O)c1c(OC)cccc1OC. The van der Waals surface area contributed by atoms with Crippen LogP contribution in [-0.4, -0.2) is 32.6 Å². The van der Waals surface area contributed by atoms with Crippen LogP contribution >= 0.6 is 0 Å². The number of ether oxygens (including phenoxy) is 3. The van der Waals surface area contributed by atoms with Crippen molar-refractivity contribution in [2.24, 2.45) is 0 Å². The number of methoxy groups -OCH3 is 2. The lowest BCUT2D eigenvalue weighted by Gasteiger charge is -2.13. The first-order chi connectivity index (χ1) is 12.6. The number of hydrogen-bond donors (Lipinski definition) is 1. The van der Waals surface area contributed by atoms with E-state index in [1.807, 2.05) is 30.3 Å². The zero-order valence-electron chi connectivity index (χ0n) is 14.9. The van der Waals surface area contributed by atoms with Crippen molar-refractivity contribution in [1.29, 1.82) is 0 Å². The van der Waals surface area contributed by atoms with Crippen LogP contribution < -0.4 is 14.8 Å². The van der Waals surface area contributed by atoms with Crippen LogP contribution in [0.2, 0.25) is 0 Å². The summed E-state index contributed by atoms with van der Waals surface area (Å²) in [5.41, 5.74) is 0.735. The Hall–Kier alpha value is -3.28. The molecule has 0 fully saturated rings. The third-order valence-electron chi connectivity index (χ3n) is 3.55. The normalized spacial score (nSPS) is 10.8. The van der Waals surface area contributed by atoms with Crippen molar-refractivity contribution in [2.45, 2.75) is 6.92 Å². The number of benzene rings is 2. The summed E-state index contributed by atoms with van der Waals surface area (Å²) in [6, 6.07) is 14.1. The Morgan fingerprint density at radius 1 is 0.962 bits per heavy atom. The minimum Gasteiger partial charge on any atom is -0.496 e. The lowest BCUT2D eigenvalue weighted by atomic mass is 10.0. The van der Waals surface area contributed by atoms with Gasteiger partial charge in [-0.2, -0.15) is 0 Å². The van der Waals surface area contributed by atoms with Crippen LogP contribution in [0, 0.1) is 0 Å². The van der Waals surface area contributed by atoms with Crippen LogP contribution in [0.1, 0.15) is 17.3 Å². The van der Waals surface area contributed by atoms with E-state index in [-0.39, 0.29) is 17.7 Å². The molecule has 0 aromatic heterocycles. The monoisotopic (exact) mass is 355 g/mol. The van der Waals surface area contributed by atoms with Crippen molar-refractivity contribution < 1.29 is 23.8 Å². The second-order valence-corrected chi connectivity index (χ2v) is 5.16. The van der Waals surface area contributed by atoms with Gasteiger partial charge in [0.05, 0.1) is 20.8 Å². The fraction of sp³-hybridized carbons (Fsp3) is 0.200. The molecule has 0 saturated heterocycles. The number of rotatable bonds is 8. The minimum absolute atomic E-state index is 0.151. The zero-order valence-corrected chi connectivity index (χ0v) is 14.9. The number of esters is 1. The molecule has 6 heteroatoms. The number of hydrogen-bond acceptors (Lipinski definition) is 6. The molecule has 0 aliphatic heterocycles. The van der Waals surface area contributed by atoms with E-state index in [0.717, 1.165) is 5.69 Å². The third kappa shape index (κ3) is 4.42. The molecule has 2 aromatic carbocycles. The van der Waals surface area contributed by atoms with Gasteiger partial charge in [0.1, 0.15) is 22.6 Å². The Balaban J connectivity index is 2.45. The van der Waals surface area contributed by atoms with Crippen molar-refractivity contribution in [3.63, 3.8) is 0 Å². The summed E-state index contributed by atoms with van der Waals surface area (Å²) in [4.78, 5) is 25.4. The highest BCUT2D eigenvalue weighted by Gasteiger charge is 2.27. The molecule has 2 aromatic rings. The first kappa shape index (κ1) is 19.1. The largest absolute Gasteiger partial charge is 0.496 e. The Morgan fingerprint density at radius 3 is 2.12 bits per heavy atom. The molecule has 0 radical (unpaired) electrons. The number of para-hydroxylation sites is 1. The fourth-order valence-electron chi connectivity index (χ4n) is 2.33. The molecule has 0 heterocycles. The molecule has 2 rings (SSSR count). The lowest BCUT2D eigenvalue weighted by Crippen LogP contribution is -2.19. The van der Waals surface area contributed by atoms with Crippen molar-refractivity contribution >= 4 is 17.4 Å². The average molecular weight is 355 g/mol. The molecular weight excluding hydrogens is 334 g/mol. The summed E-state index contributed by atoms with van der Waals surface area (Å²) in [5, 5.41) is 2.94. The molecular formula is C20H21NO5. The highest BCUT2D eigenvalue weighted by molar-refractivity contribution is 6.26. The second-order valence-electron chi connectivity index (χ2n) is 5.16. The Bertz CT molecular complexity index is 777. The standard InChI is InChI=1S/C20H21NO5/c1-4-26-20(23)15(13-21-14-9-6-5-7-10-14)19(22)18-16(24-2)11-8-12-17(18)25-3/h5-13,21H,4H2,1-3H3/b15-13-. The third-order valence-corrected chi connectivity index (χ3v) is 3.55. The van der Waals surface area contributed by atoms with Gasteiger partial charge in [-0.1, -0.05) is 24.3 Å². The molecule has 0 amide bonds. The minimum atomic E-state index is -0.728. The molecule has 1 N–H and O–H groups in total. The maximum absolute atomic E-state index is 13.1. The number of nitrogens with one attached hydrogen (secondary N) is 1. The molecule has 0 aliphatic carbocycles. The molecule has 0 spiro atoms. The summed E-state index contributed by atoms with van der Waals surface area (Å²) in [7, 11) is 2.89. The summed E-state index contributed by atoms with van der Waals surface area (Å²) in [6.45, 7) is 1.83. The molecule has 6 nitrogen and oxygen atoms in total. The number of ketones is 1. The van der Waals surface area contributed by atoms with Gasteiger partial charge in [0.25, 0.3) is 0 Å². The van der Waals surface area contributed by atoms with Gasteiger partial charge in [-0.15, -0.1) is 0 Å². The van der Waals surface area contributed by atoms with E-state index in [0.29, 0.717) is 11.5 Å². The summed E-state index contributed by atoms with van der Waals surface area (Å²) in [6.07, 6.45) is 1.33. The molecule has 0 bridgehead atoms. The van der Waals surface area contributed by atoms with E-state index in [1.165, 1.54) is 20.4 Å². The zero-order chi connectivity index (χ0) is 18.9. The van der Waals surface area contributed by atoms with Crippen LogP contribution in [0.25, 0.3) is 0 Å². The second kappa shape index (κ2) is 9.27. The fourth-order valence-corrected chi connectivity index (χ4v) is 2.33. The van der Waals surface area contributed by atoms with Crippen molar-refractivity contribution in [3.05, 3.63) is 65.9 Å². The van der Waals surface area contributed by atoms with Crippen LogP contribution in [-0.2, 0) is 9.53 Å². The molecule has 0 saturated carbocycles. The predicted octanol–water partition coefficient (Wildman–Crippen LogP) is 3.45. The van der Waals surface area contributed by atoms with Crippen LogP contribution in [0.15, 0.2) is 60.3 Å². The average Bonchev–Trinajstić information content (AvgIpc) is 2.68. The van der Waals surface area contributed by atoms with E-state index >= 15 is 0 Å². The van der Waals surface area contributed by atoms with Gasteiger partial charge in [0.2, 0.25) is 5.78 Å². The molecule has 0 atom stereocenters. The Kier molecular flexibility index (Phi) is 6.79. The Morgan fingerprint density at radius 2 is 1.58 bits per heavy atom. The number of Topliss-reactive ketones (excluding diaryl/α,β-unsaturated/α-hetero) is 1. The summed E-state index contributed by atoms with van der Waals surface area (Å²) >= 11 is 0. The summed E-state index contributed by atoms with van der Waals surface area (Å²) in [5.74, 6) is -0.663. The Labute approximate surface area is 152 Å². The maximum Gasteiger partial charge on any atom is 0.343 e. The van der Waals surface area contributed by atoms with Gasteiger partial charge in [0, 0.05) is 11.9 Å². The highest BCUT2D eigenvalue weighted by Crippen LogP contribution is 2.31. The van der Waals surface area contributed by atoms with Gasteiger partial charge >= 0.3 is 5.97 Å². The van der Waals surface area contributed by atoms with Crippen LogP contribution in [0.5, 0.6) is 11.5 Å². The van der Waals surface area contributed by atoms with E-state index in [9.17, 15) is 9.59 Å². The van der Waals surface area contributed by atoms with Crippen molar-refractivity contribution in [1.82, 2.24) is 0 Å². The molecule has 0 aliphatic rings. The molecule has 26 heavy (non-hydrogen) atoms. The van der Waals surface area contributed by atoms with Crippen LogP contribution in [0.3, 0.4) is 0 Å². The topological polar surface area (TPSA) is 73.9 Å². The number of anilines is 1.